The molecule has 0 spiro atoms. The van der Waals surface area contributed by atoms with Gasteiger partial charge in [-0.05, 0) is 35.4 Å². The number of aromatic amines is 1. The van der Waals surface area contributed by atoms with Crippen LogP contribution in [0.15, 0.2) is 60.8 Å². The topological polar surface area (TPSA) is 166 Å². The molecule has 1 heterocycles. The lowest BCUT2D eigenvalue weighted by Gasteiger charge is -2.28. The lowest BCUT2D eigenvalue weighted by molar-refractivity contribution is -0.143. The maximum atomic E-state index is 13.6. The summed E-state index contributed by atoms with van der Waals surface area (Å²) in [6.45, 7) is 7.12. The van der Waals surface area contributed by atoms with Gasteiger partial charge in [0.25, 0.3) is 0 Å². The number of nitrogens with two attached hydrogens (primary N) is 1. The molecule has 10 heteroatoms. The van der Waals surface area contributed by atoms with Gasteiger partial charge in [-0.2, -0.15) is 0 Å². The van der Waals surface area contributed by atoms with E-state index in [4.69, 9.17) is 5.73 Å². The van der Waals surface area contributed by atoms with Crippen molar-refractivity contribution in [2.24, 2.45) is 17.6 Å². The minimum Gasteiger partial charge on any atom is -0.480 e. The third-order valence-electron chi connectivity index (χ3n) is 7.39. The van der Waals surface area contributed by atoms with E-state index in [1.165, 1.54) is 0 Å². The Kier molecular flexibility index (Phi) is 11.0. The van der Waals surface area contributed by atoms with Crippen LogP contribution in [0.1, 0.15) is 45.2 Å². The number of amides is 3. The minimum absolute atomic E-state index is 0.143. The quantitative estimate of drug-likeness (QED) is 0.176. The number of aliphatic carboxylic acids is 1. The van der Waals surface area contributed by atoms with Crippen molar-refractivity contribution >= 4 is 34.6 Å². The summed E-state index contributed by atoms with van der Waals surface area (Å²) >= 11 is 0. The average Bonchev–Trinajstić information content (AvgIpc) is 3.36. The predicted molar refractivity (Wildman–Crippen MR) is 158 cm³/mol. The van der Waals surface area contributed by atoms with Crippen LogP contribution in [0.4, 0.5) is 0 Å². The van der Waals surface area contributed by atoms with Crippen molar-refractivity contribution in [2.75, 3.05) is 0 Å². The molecule has 5 unspecified atom stereocenters. The van der Waals surface area contributed by atoms with Gasteiger partial charge in [-0.3, -0.25) is 14.4 Å². The molecule has 7 N–H and O–H groups in total. The molecule has 3 amide bonds. The van der Waals surface area contributed by atoms with E-state index in [0.717, 1.165) is 22.0 Å². The number of carbonyl (C=O) groups excluding carboxylic acids is 3. The van der Waals surface area contributed by atoms with Gasteiger partial charge >= 0.3 is 5.97 Å². The van der Waals surface area contributed by atoms with E-state index in [0.29, 0.717) is 6.42 Å². The summed E-state index contributed by atoms with van der Waals surface area (Å²) in [6.07, 6.45) is 2.82. The fourth-order valence-electron chi connectivity index (χ4n) is 4.68. The summed E-state index contributed by atoms with van der Waals surface area (Å²) in [5.41, 5.74) is 8.90. The average molecular weight is 564 g/mol. The first-order chi connectivity index (χ1) is 19.5. The number of para-hydroxylation sites is 1. The molecule has 0 aliphatic rings. The van der Waals surface area contributed by atoms with Crippen molar-refractivity contribution < 1.29 is 24.3 Å². The van der Waals surface area contributed by atoms with Crippen molar-refractivity contribution in [3.63, 3.8) is 0 Å². The van der Waals surface area contributed by atoms with Crippen LogP contribution in [0.2, 0.25) is 0 Å². The summed E-state index contributed by atoms with van der Waals surface area (Å²) < 4.78 is 0. The molecule has 2 aromatic carbocycles. The molecule has 0 aliphatic heterocycles. The summed E-state index contributed by atoms with van der Waals surface area (Å²) in [7, 11) is 0. The van der Waals surface area contributed by atoms with Gasteiger partial charge in [0.05, 0.1) is 6.04 Å². The molecule has 3 rings (SSSR count). The van der Waals surface area contributed by atoms with Crippen LogP contribution in [0.5, 0.6) is 0 Å². The summed E-state index contributed by atoms with van der Waals surface area (Å²) in [4.78, 5) is 54.9. The van der Waals surface area contributed by atoms with Gasteiger partial charge in [-0.1, -0.05) is 82.6 Å². The first-order valence-electron chi connectivity index (χ1n) is 14.0. The van der Waals surface area contributed by atoms with E-state index in [1.54, 1.807) is 13.8 Å². The molecule has 41 heavy (non-hydrogen) atoms. The molecule has 0 radical (unpaired) electrons. The van der Waals surface area contributed by atoms with Crippen molar-refractivity contribution in [3.05, 3.63) is 71.9 Å². The molecule has 1 aromatic heterocycles. The summed E-state index contributed by atoms with van der Waals surface area (Å²) in [5, 5.41) is 18.7. The molecule has 0 aliphatic carbocycles. The number of hydrogen-bond acceptors (Lipinski definition) is 5. The van der Waals surface area contributed by atoms with Crippen LogP contribution >= 0.6 is 0 Å². The fourth-order valence-corrected chi connectivity index (χ4v) is 4.68. The Morgan fingerprint density at radius 2 is 1.46 bits per heavy atom. The third kappa shape index (κ3) is 8.40. The van der Waals surface area contributed by atoms with Gasteiger partial charge in [0.1, 0.15) is 18.1 Å². The number of rotatable bonds is 14. The van der Waals surface area contributed by atoms with Gasteiger partial charge in [-0.15, -0.1) is 0 Å². The third-order valence-corrected chi connectivity index (χ3v) is 7.39. The normalized spacial score (nSPS) is 15.0. The van der Waals surface area contributed by atoms with Crippen molar-refractivity contribution in [1.82, 2.24) is 20.9 Å². The number of carboxylic acids is 1. The number of aromatic nitrogens is 1. The number of hydrogen-bond donors (Lipinski definition) is 6. The molecule has 0 saturated carbocycles. The second-order valence-corrected chi connectivity index (χ2v) is 10.9. The molecule has 10 nitrogen and oxygen atoms in total. The van der Waals surface area contributed by atoms with Crippen molar-refractivity contribution in [2.45, 2.75) is 71.1 Å². The van der Waals surface area contributed by atoms with E-state index < -0.39 is 47.9 Å². The maximum Gasteiger partial charge on any atom is 0.326 e. The van der Waals surface area contributed by atoms with E-state index in [1.807, 2.05) is 74.6 Å². The molecule has 0 fully saturated rings. The van der Waals surface area contributed by atoms with Gasteiger partial charge in [-0.25, -0.2) is 4.79 Å². The lowest BCUT2D eigenvalue weighted by Crippen LogP contribution is -2.59. The zero-order valence-electron chi connectivity index (χ0n) is 24.0. The number of benzene rings is 2. The Morgan fingerprint density at radius 1 is 0.829 bits per heavy atom. The zero-order chi connectivity index (χ0) is 30.1. The zero-order valence-corrected chi connectivity index (χ0v) is 24.0. The van der Waals surface area contributed by atoms with E-state index in [9.17, 15) is 24.3 Å². The van der Waals surface area contributed by atoms with Gasteiger partial charge < -0.3 is 31.8 Å². The van der Waals surface area contributed by atoms with Crippen LogP contribution in [-0.4, -0.2) is 57.9 Å². The highest BCUT2D eigenvalue weighted by Crippen LogP contribution is 2.19. The number of nitrogens with one attached hydrogen (secondary N) is 4. The number of fused-ring (bicyclic) bond motifs is 1. The number of carboxylic acid groups (broad SMARTS) is 1. The van der Waals surface area contributed by atoms with E-state index >= 15 is 0 Å². The predicted octanol–water partition coefficient (Wildman–Crippen LogP) is 2.52. The van der Waals surface area contributed by atoms with Crippen LogP contribution in [0.3, 0.4) is 0 Å². The van der Waals surface area contributed by atoms with Crippen LogP contribution in [0.25, 0.3) is 10.9 Å². The van der Waals surface area contributed by atoms with Crippen LogP contribution in [-0.2, 0) is 32.0 Å². The van der Waals surface area contributed by atoms with Crippen LogP contribution < -0.4 is 21.7 Å². The highest BCUT2D eigenvalue weighted by atomic mass is 16.4. The second kappa shape index (κ2) is 14.5. The Bertz CT molecular complexity index is 1340. The maximum absolute atomic E-state index is 13.6. The Morgan fingerprint density at radius 3 is 2.10 bits per heavy atom. The Hall–Kier alpha value is -4.18. The van der Waals surface area contributed by atoms with Gasteiger partial charge in [0.2, 0.25) is 17.7 Å². The minimum atomic E-state index is -1.16. The van der Waals surface area contributed by atoms with Crippen molar-refractivity contribution in [1.29, 1.82) is 0 Å². The molecule has 0 saturated heterocycles. The molecule has 0 bridgehead atoms. The first-order valence-corrected chi connectivity index (χ1v) is 14.0. The Balaban J connectivity index is 1.77. The summed E-state index contributed by atoms with van der Waals surface area (Å²) in [6, 6.07) is 12.8. The monoisotopic (exact) mass is 563 g/mol. The number of carbonyl (C=O) groups is 4. The number of H-pyrrole nitrogens is 1. The first kappa shape index (κ1) is 31.3. The van der Waals surface area contributed by atoms with Gasteiger partial charge in [0.15, 0.2) is 0 Å². The van der Waals surface area contributed by atoms with E-state index in [2.05, 4.69) is 20.9 Å². The van der Waals surface area contributed by atoms with E-state index in [-0.39, 0.29) is 24.7 Å². The standard InChI is InChI=1S/C31H41N5O5/c1-5-19(4)27(36-28(37)23(32)16-21-17-33-24-14-10-9-13-22(21)24)30(39)34-25(15-20-11-7-6-8-12-20)29(38)35-26(18(2)3)31(40)41/h6-14,17-19,23,25-27,33H,5,15-16,32H2,1-4H3,(H,34,39)(H,35,38)(H,36,37)(H,40,41). The highest BCUT2D eigenvalue weighted by molar-refractivity contribution is 5.94. The largest absolute Gasteiger partial charge is 0.480 e. The smallest absolute Gasteiger partial charge is 0.326 e. The SMILES string of the molecule is CCC(C)C(NC(=O)C(N)Cc1c[nH]c2ccccc12)C(=O)NC(Cc1ccccc1)C(=O)NC(C(=O)O)C(C)C. The van der Waals surface area contributed by atoms with Gasteiger partial charge in [0, 0.05) is 23.5 Å². The molecule has 220 valence electrons. The fraction of sp³-hybridized carbons (Fsp3) is 0.419. The summed E-state index contributed by atoms with van der Waals surface area (Å²) in [5.74, 6) is -3.43. The molecular formula is C31H41N5O5. The Labute approximate surface area is 240 Å². The molecular weight excluding hydrogens is 522 g/mol. The van der Waals surface area contributed by atoms with Crippen molar-refractivity contribution in [3.8, 4) is 0 Å². The highest BCUT2D eigenvalue weighted by Gasteiger charge is 2.33. The molecule has 3 aromatic rings. The second-order valence-electron chi connectivity index (χ2n) is 10.9. The van der Waals surface area contributed by atoms with Crippen LogP contribution in [0, 0.1) is 11.8 Å². The lowest BCUT2D eigenvalue weighted by atomic mass is 9.96. The molecule has 5 atom stereocenters.